The number of thiophene rings is 1. The molecule has 2 aliphatic rings. The van der Waals surface area contributed by atoms with Crippen molar-refractivity contribution in [1.82, 2.24) is 9.47 Å². The van der Waals surface area contributed by atoms with Crippen LogP contribution in [-0.2, 0) is 25.7 Å². The van der Waals surface area contributed by atoms with Crippen molar-refractivity contribution in [3.8, 4) is 0 Å². The van der Waals surface area contributed by atoms with Crippen molar-refractivity contribution in [1.29, 1.82) is 0 Å². The molecule has 3 atom stereocenters. The third-order valence-corrected chi connectivity index (χ3v) is 9.66. The van der Waals surface area contributed by atoms with Gasteiger partial charge >= 0.3 is 16.9 Å². The largest absolute Gasteiger partial charge is 0.462 e. The monoisotopic (exact) mass is 572 g/mol. The van der Waals surface area contributed by atoms with Crippen molar-refractivity contribution in [3.05, 3.63) is 66.8 Å². The highest BCUT2D eigenvalue weighted by Crippen LogP contribution is 2.53. The average molecular weight is 573 g/mol. The molecule has 0 unspecified atom stereocenters. The van der Waals surface area contributed by atoms with Crippen LogP contribution in [-0.4, -0.2) is 51.0 Å². The molecule has 4 heterocycles. The molecule has 11 nitrogen and oxygen atoms in total. The maximum atomic E-state index is 13.1. The van der Waals surface area contributed by atoms with Crippen LogP contribution in [0.5, 0.6) is 0 Å². The van der Waals surface area contributed by atoms with E-state index >= 15 is 0 Å². The predicted octanol–water partition coefficient (Wildman–Crippen LogP) is 2.46. The van der Waals surface area contributed by atoms with Gasteiger partial charge in [0, 0.05) is 21.4 Å². The number of carbonyl (C=O) groups is 5. The minimum atomic E-state index is -1.14. The Morgan fingerprint density at radius 1 is 1.08 bits per heavy atom. The van der Waals surface area contributed by atoms with Crippen LogP contribution in [0, 0.1) is 5.92 Å². The molecule has 2 aromatic heterocycles. The number of nitrogens with zero attached hydrogens (tertiary/aromatic N) is 2. The number of thiazole rings is 1. The van der Waals surface area contributed by atoms with Crippen molar-refractivity contribution < 1.29 is 28.7 Å². The number of imide groups is 3. The van der Waals surface area contributed by atoms with Gasteiger partial charge in [-0.2, -0.15) is 4.90 Å². The fraction of sp³-hybridized carbons (Fsp3) is 0.250. The highest BCUT2D eigenvalue weighted by molar-refractivity contribution is 8.00. The van der Waals surface area contributed by atoms with E-state index in [2.05, 4.69) is 5.32 Å². The van der Waals surface area contributed by atoms with Crippen molar-refractivity contribution in [3.63, 3.8) is 0 Å². The molecular formula is C24H20N4O7S3. The first kappa shape index (κ1) is 25.9. The summed E-state index contributed by atoms with van der Waals surface area (Å²) in [5.41, 5.74) is 6.07. The number of hydrogen-bond acceptors (Lipinski definition) is 10. The average Bonchev–Trinajstić information content (AvgIpc) is 3.57. The zero-order chi connectivity index (χ0) is 27.1. The SMILES string of the molecule is CCOC(=O)c1ccc(NC(=O)Cn2c3c(sc2=O)[C@@H](c2cccs2)[C@H]2C(=O)N(C(N)=O)C(=O)[C@H]2S3)cc1. The number of aromatic nitrogens is 1. The Morgan fingerprint density at radius 2 is 1.82 bits per heavy atom. The summed E-state index contributed by atoms with van der Waals surface area (Å²) in [6, 6.07) is 8.57. The summed E-state index contributed by atoms with van der Waals surface area (Å²) in [5, 5.41) is 3.95. The minimum absolute atomic E-state index is 0.240. The summed E-state index contributed by atoms with van der Waals surface area (Å²) in [5.74, 6) is -3.94. The summed E-state index contributed by atoms with van der Waals surface area (Å²) in [4.78, 5) is 77.1. The van der Waals surface area contributed by atoms with Crippen LogP contribution < -0.4 is 15.9 Å². The number of esters is 1. The van der Waals surface area contributed by atoms with Crippen molar-refractivity contribution in [2.75, 3.05) is 11.9 Å². The zero-order valence-electron chi connectivity index (χ0n) is 19.7. The molecule has 1 saturated heterocycles. The molecule has 3 aromatic rings. The standard InChI is InChI=1S/C24H20N4O7S3/c1-2-35-22(32)11-5-7-12(8-6-11)26-14(29)10-27-21-18(38-24(27)34)15(13-4-3-9-36-13)16-17(37-21)20(31)28(19(16)30)23(25)33/h3-9,15-17H,2,10H2,1H3,(H2,25,33)(H,26,29)/t15-,16+,17-/m0/s1. The number of nitrogens with one attached hydrogen (secondary N) is 1. The normalized spacial score (nSPS) is 20.1. The van der Waals surface area contributed by atoms with Gasteiger partial charge in [-0.15, -0.1) is 11.3 Å². The first-order valence-corrected chi connectivity index (χ1v) is 14.0. The maximum absolute atomic E-state index is 13.1. The molecule has 0 radical (unpaired) electrons. The van der Waals surface area contributed by atoms with Gasteiger partial charge in [0.2, 0.25) is 11.8 Å². The molecule has 1 fully saturated rings. The van der Waals surface area contributed by atoms with E-state index in [1.54, 1.807) is 31.2 Å². The number of carbonyl (C=O) groups excluding carboxylic acids is 5. The number of thioether (sulfide) groups is 1. The van der Waals surface area contributed by atoms with Crippen LogP contribution in [0.1, 0.15) is 33.0 Å². The molecule has 0 bridgehead atoms. The molecule has 3 N–H and O–H groups in total. The van der Waals surface area contributed by atoms with Gasteiger partial charge in [0.05, 0.1) is 23.1 Å². The molecule has 2 aliphatic heterocycles. The number of ether oxygens (including phenoxy) is 1. The maximum Gasteiger partial charge on any atom is 0.338 e. The highest BCUT2D eigenvalue weighted by atomic mass is 32.2. The molecule has 5 amide bonds. The minimum Gasteiger partial charge on any atom is -0.462 e. The molecular weight excluding hydrogens is 552 g/mol. The molecule has 0 saturated carbocycles. The van der Waals surface area contributed by atoms with Gasteiger partial charge in [-0.3, -0.25) is 23.7 Å². The van der Waals surface area contributed by atoms with Gasteiger partial charge in [-0.05, 0) is 42.6 Å². The van der Waals surface area contributed by atoms with Gasteiger partial charge in [-0.25, -0.2) is 9.59 Å². The van der Waals surface area contributed by atoms with E-state index in [1.807, 2.05) is 5.38 Å². The number of anilines is 1. The second kappa shape index (κ2) is 10.2. The zero-order valence-corrected chi connectivity index (χ0v) is 22.2. The second-order valence-electron chi connectivity index (χ2n) is 8.38. The topological polar surface area (TPSA) is 158 Å². The Balaban J connectivity index is 1.44. The van der Waals surface area contributed by atoms with Crippen molar-refractivity contribution in [2.24, 2.45) is 11.7 Å². The molecule has 5 rings (SSSR count). The van der Waals surface area contributed by atoms with E-state index in [1.165, 1.54) is 28.0 Å². The van der Waals surface area contributed by atoms with E-state index in [-0.39, 0.29) is 13.2 Å². The van der Waals surface area contributed by atoms with Crippen LogP contribution >= 0.6 is 34.4 Å². The lowest BCUT2D eigenvalue weighted by Gasteiger charge is -2.29. The number of rotatable bonds is 6. The summed E-state index contributed by atoms with van der Waals surface area (Å²) in [7, 11) is 0. The fourth-order valence-electron chi connectivity index (χ4n) is 4.50. The fourth-order valence-corrected chi connectivity index (χ4v) is 8.22. The summed E-state index contributed by atoms with van der Waals surface area (Å²) in [6.07, 6.45) is 0. The van der Waals surface area contributed by atoms with Gasteiger partial charge < -0.3 is 15.8 Å². The smallest absolute Gasteiger partial charge is 0.338 e. The van der Waals surface area contributed by atoms with Gasteiger partial charge in [0.15, 0.2) is 0 Å². The number of fused-ring (bicyclic) bond motifs is 2. The van der Waals surface area contributed by atoms with Crippen molar-refractivity contribution in [2.45, 2.75) is 29.7 Å². The molecule has 0 aliphatic carbocycles. The third-order valence-electron chi connectivity index (χ3n) is 6.10. The van der Waals surface area contributed by atoms with Gasteiger partial charge in [0.25, 0.3) is 5.91 Å². The first-order valence-electron chi connectivity index (χ1n) is 11.4. The van der Waals surface area contributed by atoms with Gasteiger partial charge in [-0.1, -0.05) is 29.2 Å². The number of amides is 5. The Kier molecular flexibility index (Phi) is 6.94. The summed E-state index contributed by atoms with van der Waals surface area (Å²) < 4.78 is 6.22. The molecule has 14 heteroatoms. The number of likely N-dealkylation sites (tertiary alicyclic amines) is 1. The Labute approximate surface area is 227 Å². The van der Waals surface area contributed by atoms with E-state index in [0.717, 1.165) is 28.0 Å². The van der Waals surface area contributed by atoms with Crippen LogP contribution in [0.4, 0.5) is 10.5 Å². The van der Waals surface area contributed by atoms with Crippen LogP contribution in [0.3, 0.4) is 0 Å². The van der Waals surface area contributed by atoms with Crippen LogP contribution in [0.25, 0.3) is 0 Å². The summed E-state index contributed by atoms with van der Waals surface area (Å²) >= 11 is 3.27. The Bertz CT molecular complexity index is 1510. The molecule has 1 aromatic carbocycles. The number of hydrogen-bond donors (Lipinski definition) is 2. The van der Waals surface area contributed by atoms with E-state index < -0.39 is 51.7 Å². The Morgan fingerprint density at radius 3 is 2.45 bits per heavy atom. The number of urea groups is 1. The summed E-state index contributed by atoms with van der Waals surface area (Å²) in [6.45, 7) is 1.60. The third kappa shape index (κ3) is 4.44. The van der Waals surface area contributed by atoms with E-state index in [9.17, 15) is 28.8 Å². The van der Waals surface area contributed by atoms with Gasteiger partial charge in [0.1, 0.15) is 11.8 Å². The lowest BCUT2D eigenvalue weighted by atomic mass is 9.87. The predicted molar refractivity (Wildman–Crippen MR) is 140 cm³/mol. The quantitative estimate of drug-likeness (QED) is 0.337. The highest BCUT2D eigenvalue weighted by Gasteiger charge is 2.58. The van der Waals surface area contributed by atoms with Crippen LogP contribution in [0.2, 0.25) is 0 Å². The van der Waals surface area contributed by atoms with E-state index in [4.69, 9.17) is 10.5 Å². The molecule has 38 heavy (non-hydrogen) atoms. The lowest BCUT2D eigenvalue weighted by molar-refractivity contribution is -0.135. The first-order chi connectivity index (χ1) is 18.2. The molecule has 0 spiro atoms. The lowest BCUT2D eigenvalue weighted by Crippen LogP contribution is -2.41. The van der Waals surface area contributed by atoms with Crippen molar-refractivity contribution >= 4 is 69.8 Å². The van der Waals surface area contributed by atoms with E-state index in [0.29, 0.717) is 26.1 Å². The number of benzene rings is 1. The number of primary amides is 1. The number of nitrogens with two attached hydrogens (primary N) is 1. The second-order valence-corrected chi connectivity index (χ2v) is 11.5. The Hall–Kier alpha value is -3.75. The molecule has 196 valence electrons. The van der Waals surface area contributed by atoms with Crippen LogP contribution in [0.15, 0.2) is 51.6 Å².